The molecular weight excluding hydrogens is 206 g/mol. The van der Waals surface area contributed by atoms with E-state index in [0.29, 0.717) is 5.56 Å². The number of thioether (sulfide) groups is 1. The van der Waals surface area contributed by atoms with Gasteiger partial charge in [0.1, 0.15) is 5.03 Å². The fraction of sp³-hybridized carbons (Fsp3) is 0.167. The topological polar surface area (TPSA) is 30.0 Å². The van der Waals surface area contributed by atoms with E-state index in [1.165, 1.54) is 0 Å². The maximum Gasteiger partial charge on any atom is 0.161 e. The van der Waals surface area contributed by atoms with E-state index in [-0.39, 0.29) is 5.78 Å². The van der Waals surface area contributed by atoms with Crippen molar-refractivity contribution in [3.63, 3.8) is 0 Å². The molecule has 0 fully saturated rings. The molecule has 0 aliphatic rings. The highest BCUT2D eigenvalue weighted by atomic mass is 32.2. The molecule has 2 rings (SSSR count). The average molecular weight is 217 g/mol. The van der Waals surface area contributed by atoms with Crippen LogP contribution in [0.4, 0.5) is 0 Å². The number of carbonyl (C=O) groups is 1. The molecule has 15 heavy (non-hydrogen) atoms. The molecule has 0 aliphatic heterocycles. The second kappa shape index (κ2) is 4.03. The van der Waals surface area contributed by atoms with Crippen molar-refractivity contribution in [1.29, 1.82) is 0 Å². The molecule has 1 aromatic carbocycles. The number of rotatable bonds is 2. The molecule has 0 radical (unpaired) electrons. The highest BCUT2D eigenvalue weighted by molar-refractivity contribution is 7.98. The van der Waals surface area contributed by atoms with E-state index in [9.17, 15) is 4.79 Å². The predicted molar refractivity (Wildman–Crippen MR) is 63.5 cm³/mol. The zero-order valence-electron chi connectivity index (χ0n) is 8.65. The fourth-order valence-electron chi connectivity index (χ4n) is 1.61. The number of nitrogens with zero attached hydrogens (tertiary/aromatic N) is 1. The molecule has 0 unspecified atom stereocenters. The lowest BCUT2D eigenvalue weighted by molar-refractivity contribution is 0.101. The van der Waals surface area contributed by atoms with Gasteiger partial charge >= 0.3 is 0 Å². The Morgan fingerprint density at radius 2 is 1.93 bits per heavy atom. The smallest absolute Gasteiger partial charge is 0.161 e. The quantitative estimate of drug-likeness (QED) is 0.571. The molecule has 2 nitrogen and oxygen atoms in total. The number of Topliss-reactive ketones (excluding diaryl/α,β-unsaturated/α-hetero) is 1. The molecule has 0 spiro atoms. The van der Waals surface area contributed by atoms with Gasteiger partial charge in [-0.15, -0.1) is 11.8 Å². The SMILES string of the molecule is CSc1ncc(C(C)=O)c2ccccc12. The lowest BCUT2D eigenvalue weighted by Gasteiger charge is -2.06. The van der Waals surface area contributed by atoms with Crippen LogP contribution in [0.15, 0.2) is 35.5 Å². The van der Waals surface area contributed by atoms with Crippen LogP contribution < -0.4 is 0 Å². The second-order valence-electron chi connectivity index (χ2n) is 3.28. The Morgan fingerprint density at radius 1 is 1.27 bits per heavy atom. The summed E-state index contributed by atoms with van der Waals surface area (Å²) in [7, 11) is 0. The second-order valence-corrected chi connectivity index (χ2v) is 4.08. The summed E-state index contributed by atoms with van der Waals surface area (Å²) in [6, 6.07) is 7.88. The maximum atomic E-state index is 11.4. The standard InChI is InChI=1S/C12H11NOS/c1-8(14)11-7-13-12(15-2)10-6-4-3-5-9(10)11/h3-7H,1-2H3. The van der Waals surface area contributed by atoms with Crippen molar-refractivity contribution in [2.75, 3.05) is 6.26 Å². The predicted octanol–water partition coefficient (Wildman–Crippen LogP) is 3.16. The Morgan fingerprint density at radius 3 is 2.53 bits per heavy atom. The summed E-state index contributed by atoms with van der Waals surface area (Å²) < 4.78 is 0. The summed E-state index contributed by atoms with van der Waals surface area (Å²) in [6.07, 6.45) is 3.65. The summed E-state index contributed by atoms with van der Waals surface area (Å²) in [5.74, 6) is 0.0614. The molecule has 2 aromatic rings. The van der Waals surface area contributed by atoms with E-state index < -0.39 is 0 Å². The van der Waals surface area contributed by atoms with E-state index in [0.717, 1.165) is 15.8 Å². The van der Waals surface area contributed by atoms with Crippen LogP contribution >= 0.6 is 11.8 Å². The van der Waals surface area contributed by atoms with Crippen molar-refractivity contribution in [3.05, 3.63) is 36.0 Å². The van der Waals surface area contributed by atoms with E-state index in [2.05, 4.69) is 4.98 Å². The zero-order valence-corrected chi connectivity index (χ0v) is 9.47. The highest BCUT2D eigenvalue weighted by Crippen LogP contribution is 2.26. The number of hydrogen-bond donors (Lipinski definition) is 0. The molecule has 0 aliphatic carbocycles. The van der Waals surface area contributed by atoms with Crippen LogP contribution in [0.2, 0.25) is 0 Å². The Bertz CT molecular complexity index is 522. The molecule has 0 bridgehead atoms. The minimum Gasteiger partial charge on any atom is -0.294 e. The van der Waals surface area contributed by atoms with Crippen molar-refractivity contribution in [2.45, 2.75) is 11.9 Å². The summed E-state index contributed by atoms with van der Waals surface area (Å²) in [5, 5.41) is 3.01. The van der Waals surface area contributed by atoms with E-state index >= 15 is 0 Å². The van der Waals surface area contributed by atoms with Crippen molar-refractivity contribution in [3.8, 4) is 0 Å². The molecular formula is C12H11NOS. The van der Waals surface area contributed by atoms with Gasteiger partial charge in [0.25, 0.3) is 0 Å². The number of carbonyl (C=O) groups excluding carboxylic acids is 1. The first-order valence-electron chi connectivity index (χ1n) is 4.66. The van der Waals surface area contributed by atoms with Gasteiger partial charge in [0.05, 0.1) is 0 Å². The molecule has 0 saturated carbocycles. The third kappa shape index (κ3) is 1.75. The molecule has 1 heterocycles. The average Bonchev–Trinajstić information content (AvgIpc) is 2.27. The van der Waals surface area contributed by atoms with Crippen LogP contribution in [0.1, 0.15) is 17.3 Å². The molecule has 1 aromatic heterocycles. The third-order valence-electron chi connectivity index (χ3n) is 2.33. The van der Waals surface area contributed by atoms with Gasteiger partial charge in [-0.25, -0.2) is 4.98 Å². The summed E-state index contributed by atoms with van der Waals surface area (Å²) in [4.78, 5) is 15.7. The summed E-state index contributed by atoms with van der Waals surface area (Å²) >= 11 is 1.60. The number of ketones is 1. The van der Waals surface area contributed by atoms with Gasteiger partial charge in [0, 0.05) is 17.1 Å². The van der Waals surface area contributed by atoms with Crippen molar-refractivity contribution >= 4 is 28.3 Å². The first-order chi connectivity index (χ1) is 7.24. The third-order valence-corrected chi connectivity index (χ3v) is 3.04. The first-order valence-corrected chi connectivity index (χ1v) is 5.89. The van der Waals surface area contributed by atoms with Gasteiger partial charge in [-0.1, -0.05) is 24.3 Å². The number of fused-ring (bicyclic) bond motifs is 1. The van der Waals surface area contributed by atoms with Crippen LogP contribution in [0.25, 0.3) is 10.8 Å². The number of hydrogen-bond acceptors (Lipinski definition) is 3. The largest absolute Gasteiger partial charge is 0.294 e. The number of aromatic nitrogens is 1. The molecule has 0 N–H and O–H groups in total. The molecule has 76 valence electrons. The van der Waals surface area contributed by atoms with Crippen LogP contribution in [-0.4, -0.2) is 17.0 Å². The van der Waals surface area contributed by atoms with Gasteiger partial charge in [0.15, 0.2) is 5.78 Å². The van der Waals surface area contributed by atoms with Crippen LogP contribution in [0.5, 0.6) is 0 Å². The highest BCUT2D eigenvalue weighted by Gasteiger charge is 2.08. The van der Waals surface area contributed by atoms with E-state index in [1.54, 1.807) is 24.9 Å². The minimum atomic E-state index is 0.0614. The van der Waals surface area contributed by atoms with Crippen molar-refractivity contribution < 1.29 is 4.79 Å². The minimum absolute atomic E-state index is 0.0614. The van der Waals surface area contributed by atoms with Gasteiger partial charge in [0.2, 0.25) is 0 Å². The van der Waals surface area contributed by atoms with Gasteiger partial charge in [-0.2, -0.15) is 0 Å². The molecule has 0 saturated heterocycles. The Kier molecular flexibility index (Phi) is 2.73. The fourth-order valence-corrected chi connectivity index (χ4v) is 2.17. The zero-order chi connectivity index (χ0) is 10.8. The normalized spacial score (nSPS) is 10.5. The van der Waals surface area contributed by atoms with Crippen LogP contribution in [0.3, 0.4) is 0 Å². The summed E-state index contributed by atoms with van der Waals surface area (Å²) in [5.41, 5.74) is 0.698. The molecule has 0 atom stereocenters. The van der Waals surface area contributed by atoms with Crippen molar-refractivity contribution in [2.24, 2.45) is 0 Å². The number of pyridine rings is 1. The maximum absolute atomic E-state index is 11.4. The molecule has 0 amide bonds. The van der Waals surface area contributed by atoms with Crippen LogP contribution in [0, 0.1) is 0 Å². The van der Waals surface area contributed by atoms with E-state index in [4.69, 9.17) is 0 Å². The Balaban J connectivity index is 2.83. The van der Waals surface area contributed by atoms with Crippen molar-refractivity contribution in [1.82, 2.24) is 4.98 Å². The first kappa shape index (κ1) is 10.2. The monoisotopic (exact) mass is 217 g/mol. The van der Waals surface area contributed by atoms with Crippen LogP contribution in [-0.2, 0) is 0 Å². The lowest BCUT2D eigenvalue weighted by atomic mass is 10.1. The number of benzene rings is 1. The molecule has 3 heteroatoms. The summed E-state index contributed by atoms with van der Waals surface area (Å²) in [6.45, 7) is 1.57. The van der Waals surface area contributed by atoms with E-state index in [1.807, 2.05) is 30.5 Å². The van der Waals surface area contributed by atoms with Gasteiger partial charge in [-0.05, 0) is 18.6 Å². The lowest BCUT2D eigenvalue weighted by Crippen LogP contribution is -1.96. The Hall–Kier alpha value is -1.35. The van der Waals surface area contributed by atoms with Gasteiger partial charge < -0.3 is 0 Å². The van der Waals surface area contributed by atoms with Gasteiger partial charge in [-0.3, -0.25) is 4.79 Å². The Labute approximate surface area is 92.7 Å².